The largest absolute Gasteiger partial charge is 0.390 e. The van der Waals surface area contributed by atoms with E-state index < -0.39 is 96.3 Å². The molecule has 17 nitrogen and oxygen atoms in total. The maximum absolute atomic E-state index is 13.1. The van der Waals surface area contributed by atoms with E-state index in [1.807, 2.05) is 0 Å². The number of nitrogens with one attached hydrogen (secondary N) is 3. The van der Waals surface area contributed by atoms with Gasteiger partial charge in [0.1, 0.15) is 41.7 Å². The summed E-state index contributed by atoms with van der Waals surface area (Å²) in [5.74, 6) is -1.81. The monoisotopic (exact) mass is 636 g/mol. The SMILES string of the molecule is CN[C@@H]1[C@@H](O)[C@@H](O[C@H]2[C@H](NC(=O)C3(O)CC(N)C3)C[C@H](N)C([C@H]3O[C@H](CNCCCN)[C@@H](O)[C@H](O)[C@H]3O)[C@@H]2O)OC[C@]1(C)O. The molecule has 17 heteroatoms. The maximum atomic E-state index is 13.1. The summed E-state index contributed by atoms with van der Waals surface area (Å²) in [5.41, 5.74) is 14.7. The third-order valence-electron chi connectivity index (χ3n) is 9.55. The summed E-state index contributed by atoms with van der Waals surface area (Å²) in [6.45, 7) is 2.34. The van der Waals surface area contributed by atoms with Gasteiger partial charge in [-0.05, 0) is 39.9 Å². The predicted octanol–water partition coefficient (Wildman–Crippen LogP) is -6.74. The van der Waals surface area contributed by atoms with Crippen molar-refractivity contribution < 1.29 is 54.8 Å². The van der Waals surface area contributed by atoms with Gasteiger partial charge in [-0.15, -0.1) is 0 Å². The quantitative estimate of drug-likeness (QED) is 0.0937. The van der Waals surface area contributed by atoms with Gasteiger partial charge in [0.25, 0.3) is 5.91 Å². The first-order valence-electron chi connectivity index (χ1n) is 15.3. The van der Waals surface area contributed by atoms with Gasteiger partial charge < -0.3 is 83.1 Å². The van der Waals surface area contributed by atoms with Crippen LogP contribution < -0.4 is 33.2 Å². The number of aliphatic hydroxyl groups excluding tert-OH is 5. The molecule has 256 valence electrons. The van der Waals surface area contributed by atoms with Crippen LogP contribution in [0.5, 0.6) is 0 Å². The van der Waals surface area contributed by atoms with Crippen LogP contribution in [0.4, 0.5) is 0 Å². The lowest BCUT2D eigenvalue weighted by Gasteiger charge is -2.52. The number of likely N-dealkylation sites (N-methyl/N-ethyl adjacent to an activating group) is 1. The van der Waals surface area contributed by atoms with Gasteiger partial charge in [-0.3, -0.25) is 4.79 Å². The summed E-state index contributed by atoms with van der Waals surface area (Å²) in [4.78, 5) is 13.1. The number of hydrogen-bond donors (Lipinski definition) is 13. The number of amides is 1. The molecule has 0 bridgehead atoms. The number of rotatable bonds is 11. The van der Waals surface area contributed by atoms with Crippen LogP contribution in [0.15, 0.2) is 0 Å². The highest BCUT2D eigenvalue weighted by molar-refractivity contribution is 5.86. The molecule has 0 spiro atoms. The minimum atomic E-state index is -1.71. The van der Waals surface area contributed by atoms with Gasteiger partial charge >= 0.3 is 0 Å². The van der Waals surface area contributed by atoms with Crippen LogP contribution in [-0.2, 0) is 19.0 Å². The molecule has 0 aromatic carbocycles. The minimum Gasteiger partial charge on any atom is -0.390 e. The van der Waals surface area contributed by atoms with Gasteiger partial charge in [0.2, 0.25) is 0 Å². The molecule has 0 aromatic heterocycles. The van der Waals surface area contributed by atoms with Crippen molar-refractivity contribution in [1.82, 2.24) is 16.0 Å². The molecule has 4 aliphatic rings. The van der Waals surface area contributed by atoms with Gasteiger partial charge in [0, 0.05) is 37.4 Å². The number of carbonyl (C=O) groups excluding carboxylic acids is 1. The fraction of sp³-hybridized carbons (Fsp3) is 0.963. The Bertz CT molecular complexity index is 961. The highest BCUT2D eigenvalue weighted by atomic mass is 16.7. The Hall–Kier alpha value is -1.13. The van der Waals surface area contributed by atoms with Crippen molar-refractivity contribution in [2.75, 3.05) is 33.3 Å². The first kappa shape index (κ1) is 35.7. The van der Waals surface area contributed by atoms with E-state index in [0.717, 1.165) is 0 Å². The summed E-state index contributed by atoms with van der Waals surface area (Å²) in [5, 5.41) is 85.1. The van der Waals surface area contributed by atoms with E-state index in [-0.39, 0.29) is 38.5 Å². The van der Waals surface area contributed by atoms with Crippen LogP contribution >= 0.6 is 0 Å². The normalized spacial score (nSPS) is 49.7. The van der Waals surface area contributed by atoms with Crippen molar-refractivity contribution in [3.05, 3.63) is 0 Å². The first-order valence-corrected chi connectivity index (χ1v) is 15.3. The lowest BCUT2D eigenvalue weighted by molar-refractivity contribution is -0.303. The number of aliphatic hydroxyl groups is 7. The van der Waals surface area contributed by atoms with Gasteiger partial charge in [-0.1, -0.05) is 0 Å². The number of carbonyl (C=O) groups is 1. The molecule has 44 heavy (non-hydrogen) atoms. The summed E-state index contributed by atoms with van der Waals surface area (Å²) < 4.78 is 17.8. The Balaban J connectivity index is 1.58. The third kappa shape index (κ3) is 7.22. The molecule has 4 rings (SSSR count). The smallest absolute Gasteiger partial charge is 0.252 e. The molecule has 2 aliphatic heterocycles. The fourth-order valence-electron chi connectivity index (χ4n) is 7.00. The van der Waals surface area contributed by atoms with Crippen LogP contribution in [0.25, 0.3) is 0 Å². The molecule has 2 saturated heterocycles. The third-order valence-corrected chi connectivity index (χ3v) is 9.55. The zero-order valence-corrected chi connectivity index (χ0v) is 25.2. The van der Waals surface area contributed by atoms with Crippen molar-refractivity contribution in [2.45, 2.75) is 123 Å². The zero-order valence-electron chi connectivity index (χ0n) is 25.2. The van der Waals surface area contributed by atoms with Crippen molar-refractivity contribution in [3.63, 3.8) is 0 Å². The highest BCUT2D eigenvalue weighted by Gasteiger charge is 2.57. The van der Waals surface area contributed by atoms with Gasteiger partial charge in [0.15, 0.2) is 6.29 Å². The molecule has 2 heterocycles. The maximum Gasteiger partial charge on any atom is 0.252 e. The lowest BCUT2D eigenvalue weighted by atomic mass is 9.71. The minimum absolute atomic E-state index is 0.0269. The number of ether oxygens (including phenoxy) is 3. The Morgan fingerprint density at radius 3 is 2.32 bits per heavy atom. The Labute approximate surface area is 256 Å². The molecule has 16 N–H and O–H groups in total. The van der Waals surface area contributed by atoms with Crippen molar-refractivity contribution >= 4 is 5.91 Å². The van der Waals surface area contributed by atoms with E-state index in [4.69, 9.17) is 31.4 Å². The van der Waals surface area contributed by atoms with Crippen LogP contribution in [0.3, 0.4) is 0 Å². The second kappa shape index (κ2) is 14.3. The molecule has 2 saturated carbocycles. The Kier molecular flexibility index (Phi) is 11.6. The van der Waals surface area contributed by atoms with Crippen LogP contribution in [0.1, 0.15) is 32.6 Å². The Morgan fingerprint density at radius 1 is 1.02 bits per heavy atom. The first-order chi connectivity index (χ1) is 20.6. The molecule has 14 atom stereocenters. The van der Waals surface area contributed by atoms with Crippen molar-refractivity contribution in [1.29, 1.82) is 0 Å². The van der Waals surface area contributed by atoms with E-state index in [2.05, 4.69) is 16.0 Å². The fourth-order valence-corrected chi connectivity index (χ4v) is 7.00. The van der Waals surface area contributed by atoms with E-state index in [1.165, 1.54) is 6.92 Å². The second-order valence-corrected chi connectivity index (χ2v) is 13.1. The molecule has 1 amide bonds. The van der Waals surface area contributed by atoms with Crippen molar-refractivity contribution in [2.24, 2.45) is 23.1 Å². The topological polar surface area (TPSA) is 301 Å². The highest BCUT2D eigenvalue weighted by Crippen LogP contribution is 2.38. The zero-order chi connectivity index (χ0) is 32.6. The van der Waals surface area contributed by atoms with Crippen LogP contribution in [0.2, 0.25) is 0 Å². The standard InChI is InChI=1S/C27H52N6O11/c1-26(40)10-42-24(20(38)23(26)31-2)44-21-13(33-25(39)27(41)7-11(29)8-27)6-12(30)15(17(21)35)22-19(37)18(36)16(34)14(43-22)9-32-5-3-4-28/h11-24,31-32,34-38,40-41H,3-10,28-30H2,1-2H3,(H,33,39)/t11?,12-,13+,14+,15?,16+,17-,18-,19+,20+,21-,22+,23+,24+,26-,27?/m0/s1. The van der Waals surface area contributed by atoms with Gasteiger partial charge in [-0.2, -0.15) is 0 Å². The van der Waals surface area contributed by atoms with Gasteiger partial charge in [0.05, 0.1) is 37.0 Å². The van der Waals surface area contributed by atoms with Crippen LogP contribution in [0, 0.1) is 5.92 Å². The average molecular weight is 637 g/mol. The number of hydrogen-bond acceptors (Lipinski definition) is 16. The van der Waals surface area contributed by atoms with E-state index >= 15 is 0 Å². The Morgan fingerprint density at radius 2 is 1.70 bits per heavy atom. The molecule has 2 aliphatic carbocycles. The lowest BCUT2D eigenvalue weighted by Crippen LogP contribution is -2.72. The summed E-state index contributed by atoms with van der Waals surface area (Å²) in [6.07, 6.45) is -11.9. The average Bonchev–Trinajstić information content (AvgIpc) is 2.94. The predicted molar refractivity (Wildman–Crippen MR) is 153 cm³/mol. The summed E-state index contributed by atoms with van der Waals surface area (Å²) in [7, 11) is 1.55. The van der Waals surface area contributed by atoms with Gasteiger partial charge in [-0.25, -0.2) is 0 Å². The van der Waals surface area contributed by atoms with E-state index in [1.54, 1.807) is 7.05 Å². The molecule has 1 unspecified atom stereocenters. The van der Waals surface area contributed by atoms with E-state index in [9.17, 15) is 40.5 Å². The summed E-state index contributed by atoms with van der Waals surface area (Å²) in [6, 6.07) is -3.15. The molecule has 0 aromatic rings. The molecular formula is C27H52N6O11. The number of nitrogens with two attached hydrogens (primary N) is 3. The molecular weight excluding hydrogens is 584 g/mol. The molecule has 0 radical (unpaired) electrons. The van der Waals surface area contributed by atoms with Crippen molar-refractivity contribution in [3.8, 4) is 0 Å². The summed E-state index contributed by atoms with van der Waals surface area (Å²) >= 11 is 0. The molecule has 4 fully saturated rings. The second-order valence-electron chi connectivity index (χ2n) is 13.1. The van der Waals surface area contributed by atoms with E-state index in [0.29, 0.717) is 19.5 Å². The van der Waals surface area contributed by atoms with Crippen LogP contribution in [-0.4, -0.2) is 165 Å².